The average Bonchev–Trinajstić information content (AvgIpc) is 2.78. The van der Waals surface area contributed by atoms with E-state index in [0.29, 0.717) is 0 Å². The van der Waals surface area contributed by atoms with E-state index >= 15 is 0 Å². The Hall–Kier alpha value is -2.90. The second-order valence-electron chi connectivity index (χ2n) is 6.98. The Kier molecular flexibility index (Phi) is 4.32. The lowest BCUT2D eigenvalue weighted by atomic mass is 9.92. The summed E-state index contributed by atoms with van der Waals surface area (Å²) < 4.78 is 0. The number of hydrogen-bond acceptors (Lipinski definition) is 4. The van der Waals surface area contributed by atoms with Crippen molar-refractivity contribution in [2.75, 3.05) is 33.2 Å². The Labute approximate surface area is 154 Å². The molecule has 2 heterocycles. The van der Waals surface area contributed by atoms with Crippen molar-refractivity contribution >= 4 is 17.1 Å². The molecule has 0 amide bonds. The number of allylic oxidation sites excluding steroid dienone is 1. The molecule has 2 aliphatic rings. The molecule has 0 aromatic heterocycles. The molecular formula is C22H22N4. The largest absolute Gasteiger partial charge is 0.354 e. The highest BCUT2D eigenvalue weighted by Crippen LogP contribution is 2.37. The molecule has 4 heteroatoms. The third-order valence-corrected chi connectivity index (χ3v) is 5.14. The van der Waals surface area contributed by atoms with Gasteiger partial charge in [-0.3, -0.25) is 0 Å². The lowest BCUT2D eigenvalue weighted by molar-refractivity contribution is 0.216. The van der Waals surface area contributed by atoms with Crippen LogP contribution in [0.2, 0.25) is 0 Å². The van der Waals surface area contributed by atoms with Crippen molar-refractivity contribution in [3.8, 4) is 6.07 Å². The summed E-state index contributed by atoms with van der Waals surface area (Å²) in [6, 6.07) is 16.8. The molecule has 26 heavy (non-hydrogen) atoms. The molecule has 2 aromatic rings. The van der Waals surface area contributed by atoms with Crippen LogP contribution in [0.1, 0.15) is 22.3 Å². The molecule has 2 aliphatic heterocycles. The summed E-state index contributed by atoms with van der Waals surface area (Å²) in [5.41, 5.74) is 6.27. The average molecular weight is 342 g/mol. The molecule has 0 radical (unpaired) electrons. The Morgan fingerprint density at radius 1 is 1.00 bits per heavy atom. The normalized spacial score (nSPS) is 18.6. The van der Waals surface area contributed by atoms with Crippen molar-refractivity contribution < 1.29 is 0 Å². The molecule has 1 saturated heterocycles. The number of amidine groups is 1. The topological polar surface area (TPSA) is 42.6 Å². The van der Waals surface area contributed by atoms with Crippen molar-refractivity contribution in [2.45, 2.75) is 6.92 Å². The zero-order chi connectivity index (χ0) is 18.1. The first kappa shape index (κ1) is 16.6. The number of aliphatic imine (C=N–C) groups is 1. The lowest BCUT2D eigenvalue weighted by Crippen LogP contribution is -2.47. The van der Waals surface area contributed by atoms with Crippen molar-refractivity contribution in [3.63, 3.8) is 0 Å². The van der Waals surface area contributed by atoms with Gasteiger partial charge in [-0.1, -0.05) is 36.4 Å². The fourth-order valence-corrected chi connectivity index (χ4v) is 3.67. The van der Waals surface area contributed by atoms with E-state index in [2.05, 4.69) is 66.2 Å². The van der Waals surface area contributed by atoms with Crippen molar-refractivity contribution in [1.82, 2.24) is 9.80 Å². The van der Waals surface area contributed by atoms with Gasteiger partial charge in [0, 0.05) is 49.0 Å². The van der Waals surface area contributed by atoms with Gasteiger partial charge in [-0.15, -0.1) is 0 Å². The van der Waals surface area contributed by atoms with E-state index < -0.39 is 0 Å². The smallest absolute Gasteiger partial charge is 0.137 e. The predicted octanol–water partition coefficient (Wildman–Crippen LogP) is 3.59. The molecule has 0 atom stereocenters. The monoisotopic (exact) mass is 342 g/mol. The van der Waals surface area contributed by atoms with Crippen molar-refractivity contribution in [1.29, 1.82) is 5.26 Å². The van der Waals surface area contributed by atoms with Gasteiger partial charge in [0.15, 0.2) is 0 Å². The summed E-state index contributed by atoms with van der Waals surface area (Å²) in [5, 5.41) is 9.38. The number of fused-ring (bicyclic) bond motifs is 2. The van der Waals surface area contributed by atoms with Gasteiger partial charge in [0.2, 0.25) is 0 Å². The zero-order valence-electron chi connectivity index (χ0n) is 15.2. The second kappa shape index (κ2) is 6.78. The molecule has 0 saturated carbocycles. The van der Waals surface area contributed by atoms with E-state index in [0.717, 1.165) is 60.0 Å². The van der Waals surface area contributed by atoms with Crippen molar-refractivity contribution in [2.24, 2.45) is 4.99 Å². The van der Waals surface area contributed by atoms with Gasteiger partial charge in [-0.25, -0.2) is 4.99 Å². The van der Waals surface area contributed by atoms with Crippen LogP contribution in [0.25, 0.3) is 5.57 Å². The van der Waals surface area contributed by atoms with Gasteiger partial charge in [0.1, 0.15) is 5.84 Å². The number of likely N-dealkylation sites (N-methyl/N-ethyl adjacent to an activating group) is 1. The molecular weight excluding hydrogens is 320 g/mol. The Morgan fingerprint density at radius 2 is 1.73 bits per heavy atom. The number of aryl methyl sites for hydroxylation is 1. The predicted molar refractivity (Wildman–Crippen MR) is 106 cm³/mol. The van der Waals surface area contributed by atoms with Gasteiger partial charge < -0.3 is 9.80 Å². The van der Waals surface area contributed by atoms with E-state index in [4.69, 9.17) is 4.99 Å². The number of piperazine rings is 1. The van der Waals surface area contributed by atoms with Crippen LogP contribution < -0.4 is 0 Å². The number of benzene rings is 2. The Morgan fingerprint density at radius 3 is 2.46 bits per heavy atom. The second-order valence-corrected chi connectivity index (χ2v) is 6.98. The molecule has 4 nitrogen and oxygen atoms in total. The van der Waals surface area contributed by atoms with Gasteiger partial charge in [-0.2, -0.15) is 5.26 Å². The van der Waals surface area contributed by atoms with Crippen LogP contribution >= 0.6 is 0 Å². The van der Waals surface area contributed by atoms with E-state index in [1.807, 2.05) is 6.07 Å². The van der Waals surface area contributed by atoms with Crippen LogP contribution in [0.5, 0.6) is 0 Å². The van der Waals surface area contributed by atoms with Crippen LogP contribution in [0, 0.1) is 18.3 Å². The molecule has 0 spiro atoms. The number of hydrogen-bond donors (Lipinski definition) is 0. The molecule has 1 fully saturated rings. The zero-order valence-corrected chi connectivity index (χ0v) is 15.2. The van der Waals surface area contributed by atoms with Gasteiger partial charge >= 0.3 is 0 Å². The van der Waals surface area contributed by atoms with E-state index in [1.54, 1.807) is 6.08 Å². The van der Waals surface area contributed by atoms with E-state index in [9.17, 15) is 5.26 Å². The summed E-state index contributed by atoms with van der Waals surface area (Å²) >= 11 is 0. The van der Waals surface area contributed by atoms with Gasteiger partial charge in [0.05, 0.1) is 11.8 Å². The molecule has 0 bridgehead atoms. The lowest BCUT2D eigenvalue weighted by Gasteiger charge is -2.35. The minimum Gasteiger partial charge on any atom is -0.354 e. The van der Waals surface area contributed by atoms with E-state index in [-0.39, 0.29) is 0 Å². The highest BCUT2D eigenvalue weighted by atomic mass is 15.3. The number of nitriles is 1. The van der Waals surface area contributed by atoms with Crippen LogP contribution in [-0.2, 0) is 0 Å². The van der Waals surface area contributed by atoms with Crippen molar-refractivity contribution in [3.05, 3.63) is 70.8 Å². The van der Waals surface area contributed by atoms with E-state index in [1.165, 1.54) is 5.56 Å². The number of nitrogens with zero attached hydrogens (tertiary/aromatic N) is 4. The minimum atomic E-state index is 0.941. The quantitative estimate of drug-likeness (QED) is 0.687. The Bertz CT molecular complexity index is 941. The molecule has 0 N–H and O–H groups in total. The molecule has 2 aromatic carbocycles. The third kappa shape index (κ3) is 2.91. The Balaban J connectivity index is 1.94. The maximum absolute atomic E-state index is 9.38. The summed E-state index contributed by atoms with van der Waals surface area (Å²) in [7, 11) is 2.16. The summed E-state index contributed by atoms with van der Waals surface area (Å²) in [6.07, 6.45) is 1.65. The molecule has 130 valence electrons. The maximum atomic E-state index is 9.38. The first-order valence-electron chi connectivity index (χ1n) is 9.00. The van der Waals surface area contributed by atoms with Crippen LogP contribution in [0.3, 0.4) is 0 Å². The summed E-state index contributed by atoms with van der Waals surface area (Å²) in [6.45, 7) is 6.06. The first-order chi connectivity index (χ1) is 12.7. The standard InChI is InChI=1S/C22H22N4/c1-16-7-8-19-18(9-10-23)17-5-3-4-6-20(17)22(24-21(19)15-16)26-13-11-25(2)12-14-26/h3-9,15H,11-14H2,1-2H3/b18-9-. The van der Waals surface area contributed by atoms with Gasteiger partial charge in [-0.05, 0) is 31.2 Å². The van der Waals surface area contributed by atoms with Gasteiger partial charge in [0.25, 0.3) is 0 Å². The fraction of sp³-hybridized carbons (Fsp3) is 0.273. The molecule has 0 unspecified atom stereocenters. The maximum Gasteiger partial charge on any atom is 0.137 e. The van der Waals surface area contributed by atoms with Crippen LogP contribution in [-0.4, -0.2) is 48.9 Å². The molecule has 4 rings (SSSR count). The third-order valence-electron chi connectivity index (χ3n) is 5.14. The summed E-state index contributed by atoms with van der Waals surface area (Å²) in [5.74, 6) is 1.02. The highest BCUT2D eigenvalue weighted by Gasteiger charge is 2.26. The fourth-order valence-electron chi connectivity index (χ4n) is 3.67. The highest BCUT2D eigenvalue weighted by molar-refractivity contribution is 6.08. The van der Waals surface area contributed by atoms with Crippen LogP contribution in [0.15, 0.2) is 53.5 Å². The first-order valence-corrected chi connectivity index (χ1v) is 9.00. The molecule has 0 aliphatic carbocycles. The summed E-state index contributed by atoms with van der Waals surface area (Å²) in [4.78, 5) is 9.82. The number of rotatable bonds is 0. The van der Waals surface area contributed by atoms with Crippen LogP contribution in [0.4, 0.5) is 5.69 Å². The SMILES string of the molecule is Cc1ccc2c(c1)N=C(N1CCN(C)CC1)c1ccccc1/C2=C/C#N. The minimum absolute atomic E-state index is 0.941.